The molecule has 5 rings (SSSR count). The van der Waals surface area contributed by atoms with Crippen LogP contribution in [0.25, 0.3) is 10.1 Å². The fourth-order valence-electron chi connectivity index (χ4n) is 5.24. The van der Waals surface area contributed by atoms with E-state index in [0.717, 1.165) is 33.9 Å². The van der Waals surface area contributed by atoms with Gasteiger partial charge in [-0.15, -0.1) is 23.7 Å². The Labute approximate surface area is 224 Å². The van der Waals surface area contributed by atoms with Gasteiger partial charge in [0, 0.05) is 23.6 Å². The summed E-state index contributed by atoms with van der Waals surface area (Å²) in [6.45, 7) is 5.51. The predicted molar refractivity (Wildman–Crippen MR) is 149 cm³/mol. The van der Waals surface area contributed by atoms with Gasteiger partial charge >= 0.3 is 5.97 Å². The number of carbonyl (C=O) groups is 1. The Hall–Kier alpha value is -2.28. The fourth-order valence-corrected chi connectivity index (χ4v) is 6.57. The largest absolute Gasteiger partial charge is 0.492 e. The number of thiophene rings is 1. The molecule has 36 heavy (non-hydrogen) atoms. The number of nitrogens with zero attached hydrogens (tertiary/aromatic N) is 1. The van der Waals surface area contributed by atoms with Gasteiger partial charge in [-0.3, -0.25) is 9.69 Å². The van der Waals surface area contributed by atoms with Crippen LogP contribution in [-0.2, 0) is 4.79 Å². The van der Waals surface area contributed by atoms with Crippen LogP contribution in [0.2, 0.25) is 0 Å². The molecule has 0 amide bonds. The first-order chi connectivity index (χ1) is 17.2. The number of esters is 1. The third-order valence-electron chi connectivity index (χ3n) is 7.05. The van der Waals surface area contributed by atoms with Crippen molar-refractivity contribution in [2.24, 2.45) is 0 Å². The van der Waals surface area contributed by atoms with Crippen molar-refractivity contribution in [3.05, 3.63) is 47.3 Å². The van der Waals surface area contributed by atoms with Crippen molar-refractivity contribution < 1.29 is 19.0 Å². The summed E-state index contributed by atoms with van der Waals surface area (Å²) in [6.07, 6.45) is 10.2. The maximum atomic E-state index is 11.4. The molecule has 0 unspecified atom stereocenters. The first-order valence-electron chi connectivity index (χ1n) is 13.0. The van der Waals surface area contributed by atoms with E-state index in [0.29, 0.717) is 18.3 Å². The smallest absolute Gasteiger partial charge is 0.308 e. The summed E-state index contributed by atoms with van der Waals surface area (Å²) in [5, 5.41) is 1.08. The van der Waals surface area contributed by atoms with Gasteiger partial charge in [-0.05, 0) is 87.2 Å². The first kappa shape index (κ1) is 26.8. The average Bonchev–Trinajstić information content (AvgIpc) is 3.23. The van der Waals surface area contributed by atoms with Crippen molar-refractivity contribution in [1.29, 1.82) is 0 Å². The highest BCUT2D eigenvalue weighted by Gasteiger charge is 2.24. The molecule has 1 saturated carbocycles. The minimum Gasteiger partial charge on any atom is -0.492 e. The molecule has 0 radical (unpaired) electrons. The molecule has 2 aliphatic rings. The molecule has 2 fully saturated rings. The number of carbonyl (C=O) groups excluding carboxylic acids is 1. The maximum Gasteiger partial charge on any atom is 0.308 e. The number of ether oxygens (including phenoxy) is 3. The highest BCUT2D eigenvalue weighted by molar-refractivity contribution is 7.19. The SMILES string of the molecule is CC(=O)Oc1ccc2c(Oc3ccc(OCCN4CCCCC4)cc3)c(C3CCCCC3)sc2c1.Cl. The predicted octanol–water partition coefficient (Wildman–Crippen LogP) is 7.95. The Morgan fingerprint density at radius 2 is 1.58 bits per heavy atom. The van der Waals surface area contributed by atoms with Crippen molar-refractivity contribution in [3.63, 3.8) is 0 Å². The van der Waals surface area contributed by atoms with Gasteiger partial charge in [0.1, 0.15) is 29.6 Å². The summed E-state index contributed by atoms with van der Waals surface area (Å²) in [4.78, 5) is 15.2. The molecule has 0 N–H and O–H groups in total. The molecule has 1 aliphatic carbocycles. The van der Waals surface area contributed by atoms with E-state index in [1.807, 2.05) is 42.5 Å². The Bertz CT molecular complexity index is 1130. The summed E-state index contributed by atoms with van der Waals surface area (Å²) >= 11 is 1.77. The monoisotopic (exact) mass is 529 g/mol. The number of hydrogen-bond donors (Lipinski definition) is 0. The molecule has 7 heteroatoms. The van der Waals surface area contributed by atoms with Gasteiger partial charge in [0.25, 0.3) is 0 Å². The third-order valence-corrected chi connectivity index (χ3v) is 8.34. The van der Waals surface area contributed by atoms with E-state index in [4.69, 9.17) is 14.2 Å². The third kappa shape index (κ3) is 6.72. The first-order valence-corrected chi connectivity index (χ1v) is 13.9. The van der Waals surface area contributed by atoms with E-state index < -0.39 is 0 Å². The molecule has 0 spiro atoms. The topological polar surface area (TPSA) is 48.0 Å². The van der Waals surface area contributed by atoms with Crippen LogP contribution in [0.3, 0.4) is 0 Å². The lowest BCUT2D eigenvalue weighted by Gasteiger charge is -2.26. The lowest BCUT2D eigenvalue weighted by Crippen LogP contribution is -2.33. The van der Waals surface area contributed by atoms with Gasteiger partial charge in [-0.2, -0.15) is 0 Å². The van der Waals surface area contributed by atoms with Crippen LogP contribution in [-0.4, -0.2) is 37.1 Å². The lowest BCUT2D eigenvalue weighted by molar-refractivity contribution is -0.131. The van der Waals surface area contributed by atoms with Crippen LogP contribution in [0.5, 0.6) is 23.0 Å². The highest BCUT2D eigenvalue weighted by atomic mass is 35.5. The summed E-state index contributed by atoms with van der Waals surface area (Å²) in [5.74, 6) is 3.44. The van der Waals surface area contributed by atoms with E-state index in [1.165, 1.54) is 76.3 Å². The van der Waals surface area contributed by atoms with Gasteiger partial charge in [0.15, 0.2) is 0 Å². The number of fused-ring (bicyclic) bond motifs is 1. The molecule has 1 aromatic heterocycles. The van der Waals surface area contributed by atoms with E-state index in [-0.39, 0.29) is 18.4 Å². The van der Waals surface area contributed by atoms with Crippen LogP contribution in [0, 0.1) is 0 Å². The summed E-state index contributed by atoms with van der Waals surface area (Å²) in [7, 11) is 0. The molecule has 3 aromatic rings. The van der Waals surface area contributed by atoms with Gasteiger partial charge in [0.2, 0.25) is 0 Å². The van der Waals surface area contributed by atoms with Crippen LogP contribution < -0.4 is 14.2 Å². The number of likely N-dealkylation sites (tertiary alicyclic amines) is 1. The normalized spacial score (nSPS) is 16.9. The Balaban J connectivity index is 0.00000304. The van der Waals surface area contributed by atoms with Crippen LogP contribution in [0.15, 0.2) is 42.5 Å². The summed E-state index contributed by atoms with van der Waals surface area (Å²) in [6, 6.07) is 13.8. The van der Waals surface area contributed by atoms with E-state index >= 15 is 0 Å². The van der Waals surface area contributed by atoms with Crippen LogP contribution in [0.1, 0.15) is 69.1 Å². The molecule has 5 nitrogen and oxygen atoms in total. The molecule has 2 heterocycles. The van der Waals surface area contributed by atoms with Gasteiger partial charge in [0.05, 0.1) is 4.88 Å². The zero-order chi connectivity index (χ0) is 24.0. The zero-order valence-electron chi connectivity index (χ0n) is 21.0. The van der Waals surface area contributed by atoms with Gasteiger partial charge < -0.3 is 14.2 Å². The molecular formula is C29H36ClNO4S. The number of benzene rings is 2. The fraction of sp³-hybridized carbons (Fsp3) is 0.483. The summed E-state index contributed by atoms with van der Waals surface area (Å²) in [5.41, 5.74) is 0. The second kappa shape index (κ2) is 12.8. The molecule has 194 valence electrons. The Kier molecular flexibility index (Phi) is 9.52. The minimum absolute atomic E-state index is 0. The maximum absolute atomic E-state index is 11.4. The molecule has 2 aromatic carbocycles. The zero-order valence-corrected chi connectivity index (χ0v) is 22.6. The summed E-state index contributed by atoms with van der Waals surface area (Å²) < 4.78 is 19.0. The number of hydrogen-bond acceptors (Lipinski definition) is 6. The molecule has 0 bridgehead atoms. The Morgan fingerprint density at radius 3 is 2.31 bits per heavy atom. The lowest BCUT2D eigenvalue weighted by atomic mass is 9.88. The average molecular weight is 530 g/mol. The number of rotatable bonds is 8. The van der Waals surface area contributed by atoms with Crippen molar-refractivity contribution in [1.82, 2.24) is 4.90 Å². The van der Waals surface area contributed by atoms with Crippen LogP contribution >= 0.6 is 23.7 Å². The highest BCUT2D eigenvalue weighted by Crippen LogP contribution is 2.48. The van der Waals surface area contributed by atoms with Crippen molar-refractivity contribution in [2.45, 2.75) is 64.2 Å². The quantitative estimate of drug-likeness (QED) is 0.219. The number of piperidine rings is 1. The van der Waals surface area contributed by atoms with Crippen molar-refractivity contribution in [3.8, 4) is 23.0 Å². The molecule has 1 aliphatic heterocycles. The molecule has 1 saturated heterocycles. The van der Waals surface area contributed by atoms with Crippen molar-refractivity contribution >= 4 is 39.8 Å². The minimum atomic E-state index is -0.303. The van der Waals surface area contributed by atoms with E-state index in [9.17, 15) is 4.79 Å². The second-order valence-electron chi connectivity index (χ2n) is 9.71. The molecule has 0 atom stereocenters. The van der Waals surface area contributed by atoms with Gasteiger partial charge in [-0.25, -0.2) is 0 Å². The number of halogens is 1. The second-order valence-corrected chi connectivity index (χ2v) is 10.8. The standard InChI is InChI=1S/C29H35NO4S.ClH/c1-21(31)33-25-14-15-26-27(20-25)35-29(22-8-4-2-5-9-22)28(26)34-24-12-10-23(11-13-24)32-19-18-30-16-6-3-7-17-30;/h10-15,20,22H,2-9,16-19H2,1H3;1H. The van der Waals surface area contributed by atoms with E-state index in [1.54, 1.807) is 11.3 Å². The van der Waals surface area contributed by atoms with Crippen LogP contribution in [0.4, 0.5) is 0 Å². The van der Waals surface area contributed by atoms with Crippen molar-refractivity contribution in [2.75, 3.05) is 26.2 Å². The van der Waals surface area contributed by atoms with E-state index in [2.05, 4.69) is 4.90 Å². The Morgan fingerprint density at radius 1 is 0.917 bits per heavy atom. The van der Waals surface area contributed by atoms with Gasteiger partial charge in [-0.1, -0.05) is 25.7 Å². The molecular weight excluding hydrogens is 494 g/mol.